The van der Waals surface area contributed by atoms with E-state index in [4.69, 9.17) is 15.6 Å². The number of nitrogens with zero attached hydrogens (tertiary/aromatic N) is 3. The minimum absolute atomic E-state index is 0.0627. The lowest BCUT2D eigenvalue weighted by Crippen LogP contribution is -2.56. The van der Waals surface area contributed by atoms with Crippen LogP contribution in [0.2, 0.25) is 0 Å². The highest BCUT2D eigenvalue weighted by Gasteiger charge is 2.39. The molecule has 1 aliphatic heterocycles. The number of nitrogens with one attached hydrogen (secondary N) is 3. The summed E-state index contributed by atoms with van der Waals surface area (Å²) in [5, 5.41) is 22.0. The Hall–Kier alpha value is -3.77. The van der Waals surface area contributed by atoms with Crippen molar-refractivity contribution in [2.24, 2.45) is 5.73 Å². The average Bonchev–Trinajstić information content (AvgIpc) is 3.54. The van der Waals surface area contributed by atoms with Gasteiger partial charge in [0.1, 0.15) is 18.3 Å². The van der Waals surface area contributed by atoms with Crippen LogP contribution in [0.25, 0.3) is 0 Å². The average molecular weight is 492 g/mol. The number of aliphatic carboxylic acids is 1. The molecule has 2 atom stereocenters. The van der Waals surface area contributed by atoms with E-state index >= 15 is 0 Å². The molecule has 1 saturated carbocycles. The van der Waals surface area contributed by atoms with Gasteiger partial charge < -0.3 is 40.6 Å². The topological polar surface area (TPSA) is 185 Å². The number of carbonyl (C=O) groups excluding carboxylic acids is 3. The van der Waals surface area contributed by atoms with E-state index in [1.54, 1.807) is 24.1 Å². The summed E-state index contributed by atoms with van der Waals surface area (Å²) in [7, 11) is 1.62. The summed E-state index contributed by atoms with van der Waals surface area (Å²) in [5.74, 6) is -1.71. The zero-order valence-electron chi connectivity index (χ0n) is 19.7. The minimum Gasteiger partial charge on any atom is -0.480 e. The van der Waals surface area contributed by atoms with Crippen LogP contribution in [-0.2, 0) is 20.9 Å². The Morgan fingerprint density at radius 1 is 1.29 bits per heavy atom. The molecule has 0 bridgehead atoms. The number of carboxylic acid groups (broad SMARTS) is 1. The van der Waals surface area contributed by atoms with Gasteiger partial charge in [0.2, 0.25) is 11.8 Å². The summed E-state index contributed by atoms with van der Waals surface area (Å²) in [4.78, 5) is 54.7. The predicted molar refractivity (Wildman–Crippen MR) is 124 cm³/mol. The number of urea groups is 1. The highest BCUT2D eigenvalue weighted by Crippen LogP contribution is 2.27. The molecule has 2 heterocycles. The van der Waals surface area contributed by atoms with Gasteiger partial charge in [0.15, 0.2) is 5.96 Å². The summed E-state index contributed by atoms with van der Waals surface area (Å²) in [6.45, 7) is 0.617. The van der Waals surface area contributed by atoms with Crippen LogP contribution in [0.5, 0.6) is 0 Å². The summed E-state index contributed by atoms with van der Waals surface area (Å²) in [6.07, 6.45) is 3.96. The van der Waals surface area contributed by atoms with Crippen molar-refractivity contribution in [2.75, 3.05) is 26.7 Å². The molecular formula is C22H33N7O6. The van der Waals surface area contributed by atoms with Crippen molar-refractivity contribution in [1.82, 2.24) is 25.3 Å². The van der Waals surface area contributed by atoms with Crippen LogP contribution in [-0.4, -0.2) is 94.4 Å². The van der Waals surface area contributed by atoms with Gasteiger partial charge in [-0.25, -0.2) is 4.79 Å². The van der Waals surface area contributed by atoms with Crippen molar-refractivity contribution in [3.8, 4) is 0 Å². The molecule has 4 amide bonds. The van der Waals surface area contributed by atoms with E-state index in [0.29, 0.717) is 31.7 Å². The van der Waals surface area contributed by atoms with Gasteiger partial charge in [-0.3, -0.25) is 19.8 Å². The zero-order valence-corrected chi connectivity index (χ0v) is 19.7. The van der Waals surface area contributed by atoms with E-state index in [-0.39, 0.29) is 36.9 Å². The van der Waals surface area contributed by atoms with Crippen LogP contribution in [0, 0.1) is 5.41 Å². The van der Waals surface area contributed by atoms with Gasteiger partial charge in [-0.1, -0.05) is 0 Å². The third-order valence-corrected chi connectivity index (χ3v) is 6.24. The number of nitrogens with two attached hydrogens (primary N) is 1. The van der Waals surface area contributed by atoms with Crippen LogP contribution < -0.4 is 16.4 Å². The van der Waals surface area contributed by atoms with Gasteiger partial charge in [-0.15, -0.1) is 0 Å². The highest BCUT2D eigenvalue weighted by atomic mass is 16.4. The molecule has 1 aliphatic carbocycles. The predicted octanol–water partition coefficient (Wildman–Crippen LogP) is -0.271. The summed E-state index contributed by atoms with van der Waals surface area (Å²) < 4.78 is 5.18. The SMILES string of the molecule is CN(C(=O)C[C@H](NC(=O)NCc1ccco1)C(=O)N(CC(=O)O)C1CC1)[C@H]1CCCN(C(=N)N)C1. The number of carboxylic acids is 1. The zero-order chi connectivity index (χ0) is 25.5. The number of likely N-dealkylation sites (N-methyl/N-ethyl adjacent to an activating group) is 1. The van der Waals surface area contributed by atoms with Gasteiger partial charge in [-0.05, 0) is 37.8 Å². The number of hydrogen-bond donors (Lipinski definition) is 5. The van der Waals surface area contributed by atoms with Gasteiger partial charge >= 0.3 is 12.0 Å². The van der Waals surface area contributed by atoms with Crippen LogP contribution in [0.1, 0.15) is 37.9 Å². The fourth-order valence-electron chi connectivity index (χ4n) is 4.12. The molecule has 13 nitrogen and oxygen atoms in total. The minimum atomic E-state index is -1.24. The molecule has 35 heavy (non-hydrogen) atoms. The summed E-state index contributed by atoms with van der Waals surface area (Å²) >= 11 is 0. The monoisotopic (exact) mass is 491 g/mol. The van der Waals surface area contributed by atoms with Crippen molar-refractivity contribution >= 4 is 29.8 Å². The number of carbonyl (C=O) groups is 4. The Balaban J connectivity index is 1.68. The molecule has 192 valence electrons. The number of hydrogen-bond acceptors (Lipinski definition) is 6. The molecule has 2 fully saturated rings. The third-order valence-electron chi connectivity index (χ3n) is 6.24. The first-order valence-electron chi connectivity index (χ1n) is 11.6. The second kappa shape index (κ2) is 11.6. The quantitative estimate of drug-likeness (QED) is 0.219. The fourth-order valence-corrected chi connectivity index (χ4v) is 4.12. The second-order valence-electron chi connectivity index (χ2n) is 8.89. The maximum absolute atomic E-state index is 13.3. The van der Waals surface area contributed by atoms with Crippen molar-refractivity contribution < 1.29 is 28.7 Å². The normalized spacial score (nSPS) is 18.3. The Bertz CT molecular complexity index is 933. The number of rotatable bonds is 10. The van der Waals surface area contributed by atoms with Gasteiger partial charge in [0.05, 0.1) is 19.2 Å². The van der Waals surface area contributed by atoms with Gasteiger partial charge in [-0.2, -0.15) is 0 Å². The maximum Gasteiger partial charge on any atom is 0.323 e. The van der Waals surface area contributed by atoms with E-state index in [2.05, 4.69) is 10.6 Å². The molecule has 1 saturated heterocycles. The van der Waals surface area contributed by atoms with Crippen molar-refractivity contribution in [2.45, 2.75) is 56.8 Å². The van der Waals surface area contributed by atoms with Crippen LogP contribution in [0.15, 0.2) is 22.8 Å². The van der Waals surface area contributed by atoms with E-state index in [0.717, 1.165) is 12.8 Å². The second-order valence-corrected chi connectivity index (χ2v) is 8.89. The summed E-state index contributed by atoms with van der Waals surface area (Å²) in [6, 6.07) is 1.01. The Morgan fingerprint density at radius 2 is 2.03 bits per heavy atom. The molecule has 0 unspecified atom stereocenters. The molecule has 0 radical (unpaired) electrons. The molecule has 0 aromatic carbocycles. The van der Waals surface area contributed by atoms with Crippen LogP contribution >= 0.6 is 0 Å². The smallest absolute Gasteiger partial charge is 0.323 e. The van der Waals surface area contributed by atoms with E-state index in [9.17, 15) is 24.3 Å². The first-order valence-corrected chi connectivity index (χ1v) is 11.6. The lowest BCUT2D eigenvalue weighted by atomic mass is 10.0. The first-order chi connectivity index (χ1) is 16.7. The lowest BCUT2D eigenvalue weighted by Gasteiger charge is -2.38. The lowest BCUT2D eigenvalue weighted by molar-refractivity contribution is -0.146. The van der Waals surface area contributed by atoms with Crippen LogP contribution in [0.4, 0.5) is 4.79 Å². The van der Waals surface area contributed by atoms with E-state index in [1.807, 2.05) is 0 Å². The number of likely N-dealkylation sites (tertiary alicyclic amines) is 1. The largest absolute Gasteiger partial charge is 0.480 e. The molecule has 13 heteroatoms. The molecule has 6 N–H and O–H groups in total. The Morgan fingerprint density at radius 3 is 2.63 bits per heavy atom. The van der Waals surface area contributed by atoms with Crippen molar-refractivity contribution in [3.05, 3.63) is 24.2 Å². The standard InChI is InChI=1S/C22H33N7O6/c1-27(15-4-2-8-28(12-15)21(23)24)18(30)10-17(20(33)29(13-19(31)32)14-6-7-14)26-22(34)25-11-16-5-3-9-35-16/h3,5,9,14-15,17H,2,4,6-8,10-13H2,1H3,(H3,23,24)(H,31,32)(H2,25,26,34)/t15-,17-/m0/s1. The number of piperidine rings is 1. The van der Waals surface area contributed by atoms with Crippen molar-refractivity contribution in [3.63, 3.8) is 0 Å². The molecule has 2 aliphatic rings. The fraction of sp³-hybridized carbons (Fsp3) is 0.591. The van der Waals surface area contributed by atoms with E-state index in [1.165, 1.54) is 16.1 Å². The summed E-state index contributed by atoms with van der Waals surface area (Å²) in [5.41, 5.74) is 5.60. The number of amides is 4. The molecule has 3 rings (SSSR count). The third kappa shape index (κ3) is 7.36. The Kier molecular flexibility index (Phi) is 8.55. The van der Waals surface area contributed by atoms with Gasteiger partial charge in [0, 0.05) is 32.2 Å². The highest BCUT2D eigenvalue weighted by molar-refractivity contribution is 5.93. The molecule has 0 spiro atoms. The Labute approximate surface area is 203 Å². The molecule has 1 aromatic heterocycles. The van der Waals surface area contributed by atoms with E-state index < -0.39 is 30.5 Å². The number of guanidine groups is 1. The maximum atomic E-state index is 13.3. The number of furan rings is 1. The van der Waals surface area contributed by atoms with Crippen molar-refractivity contribution in [1.29, 1.82) is 5.41 Å². The molecule has 1 aromatic rings. The first kappa shape index (κ1) is 25.8. The van der Waals surface area contributed by atoms with Crippen LogP contribution in [0.3, 0.4) is 0 Å². The van der Waals surface area contributed by atoms with Gasteiger partial charge in [0.25, 0.3) is 0 Å². The molecular weight excluding hydrogens is 458 g/mol.